The molecule has 0 saturated heterocycles. The van der Waals surface area contributed by atoms with E-state index in [1.165, 1.54) is 32.1 Å². The molecule has 2 aromatic rings. The fourth-order valence-corrected chi connectivity index (χ4v) is 4.10. The highest BCUT2D eigenvalue weighted by Gasteiger charge is 2.23. The number of aromatic nitrogens is 2. The number of halogens is 1. The van der Waals surface area contributed by atoms with Gasteiger partial charge in [0.05, 0.1) is 4.88 Å². The van der Waals surface area contributed by atoms with Gasteiger partial charge in [-0.15, -0.1) is 23.7 Å². The lowest BCUT2D eigenvalue weighted by atomic mass is 9.84. The van der Waals surface area contributed by atoms with Crippen molar-refractivity contribution in [2.45, 2.75) is 57.4 Å². The summed E-state index contributed by atoms with van der Waals surface area (Å²) in [4.78, 5) is 17.6. The third-order valence-corrected chi connectivity index (χ3v) is 5.69. The Kier molecular flexibility index (Phi) is 8.54. The van der Waals surface area contributed by atoms with Crippen molar-refractivity contribution < 1.29 is 9.32 Å². The first-order valence-electron chi connectivity index (χ1n) is 9.12. The van der Waals surface area contributed by atoms with E-state index in [0.717, 1.165) is 4.88 Å². The molecular formula is C18H27ClN4O2S. The molecule has 1 unspecified atom stereocenters. The number of rotatable bonds is 8. The number of carbonyl (C=O) groups excluding carboxylic acids is 1. The molecular weight excluding hydrogens is 372 g/mol. The van der Waals surface area contributed by atoms with E-state index in [4.69, 9.17) is 10.3 Å². The van der Waals surface area contributed by atoms with Gasteiger partial charge in [0.1, 0.15) is 0 Å². The van der Waals surface area contributed by atoms with Crippen molar-refractivity contribution in [3.05, 3.63) is 23.4 Å². The highest BCUT2D eigenvalue weighted by Crippen LogP contribution is 2.26. The number of hydrogen-bond acceptors (Lipinski definition) is 6. The SMILES string of the molecule is Cl.NCC(NC(=O)CCCc1nc(-c2cccs2)no1)C1CCCCC1. The van der Waals surface area contributed by atoms with Crippen LogP contribution in [0.25, 0.3) is 10.7 Å². The van der Waals surface area contributed by atoms with Crippen LogP contribution in [0.1, 0.15) is 50.8 Å². The first-order chi connectivity index (χ1) is 12.3. The normalized spacial score (nSPS) is 16.0. The van der Waals surface area contributed by atoms with Gasteiger partial charge in [-0.05, 0) is 36.6 Å². The molecule has 144 valence electrons. The summed E-state index contributed by atoms with van der Waals surface area (Å²) in [6, 6.07) is 4.03. The number of nitrogens with zero attached hydrogens (tertiary/aromatic N) is 2. The molecule has 1 amide bonds. The minimum atomic E-state index is 0. The predicted octanol–water partition coefficient (Wildman–Crippen LogP) is 3.57. The first kappa shape index (κ1) is 20.9. The summed E-state index contributed by atoms with van der Waals surface area (Å²) in [5.41, 5.74) is 5.87. The van der Waals surface area contributed by atoms with Crippen molar-refractivity contribution in [1.82, 2.24) is 15.5 Å². The van der Waals surface area contributed by atoms with Gasteiger partial charge < -0.3 is 15.6 Å². The molecule has 1 aliphatic carbocycles. The number of aryl methyl sites for hydroxylation is 1. The number of thiophene rings is 1. The van der Waals surface area contributed by atoms with Crippen LogP contribution in [0.3, 0.4) is 0 Å². The van der Waals surface area contributed by atoms with E-state index in [1.807, 2.05) is 17.5 Å². The molecule has 1 saturated carbocycles. The number of hydrogen-bond donors (Lipinski definition) is 2. The lowest BCUT2D eigenvalue weighted by Gasteiger charge is -2.30. The van der Waals surface area contributed by atoms with Gasteiger partial charge in [-0.3, -0.25) is 4.79 Å². The van der Waals surface area contributed by atoms with Crippen LogP contribution in [-0.2, 0) is 11.2 Å². The predicted molar refractivity (Wildman–Crippen MR) is 105 cm³/mol. The number of nitrogens with two attached hydrogens (primary N) is 1. The number of nitrogens with one attached hydrogen (secondary N) is 1. The molecule has 2 heterocycles. The second kappa shape index (κ2) is 10.6. The van der Waals surface area contributed by atoms with Gasteiger partial charge in [0.15, 0.2) is 0 Å². The monoisotopic (exact) mass is 398 g/mol. The number of carbonyl (C=O) groups is 1. The second-order valence-corrected chi connectivity index (χ2v) is 7.60. The van der Waals surface area contributed by atoms with Crippen LogP contribution in [-0.4, -0.2) is 28.6 Å². The Morgan fingerprint density at radius 1 is 1.38 bits per heavy atom. The summed E-state index contributed by atoms with van der Waals surface area (Å²) in [6.45, 7) is 0.518. The average molecular weight is 399 g/mol. The Bertz CT molecular complexity index is 656. The highest BCUT2D eigenvalue weighted by molar-refractivity contribution is 7.13. The fourth-order valence-electron chi connectivity index (χ4n) is 3.45. The summed E-state index contributed by atoms with van der Waals surface area (Å²) >= 11 is 1.58. The van der Waals surface area contributed by atoms with E-state index in [2.05, 4.69) is 15.5 Å². The van der Waals surface area contributed by atoms with Gasteiger partial charge in [-0.1, -0.05) is 30.5 Å². The van der Waals surface area contributed by atoms with Crippen LogP contribution in [0.2, 0.25) is 0 Å². The maximum atomic E-state index is 12.2. The van der Waals surface area contributed by atoms with Crippen molar-refractivity contribution in [1.29, 1.82) is 0 Å². The van der Waals surface area contributed by atoms with Crippen LogP contribution in [0.4, 0.5) is 0 Å². The Balaban J connectivity index is 0.00000243. The van der Waals surface area contributed by atoms with Crippen molar-refractivity contribution in [2.75, 3.05) is 6.54 Å². The molecule has 1 atom stereocenters. The van der Waals surface area contributed by atoms with E-state index >= 15 is 0 Å². The maximum Gasteiger partial charge on any atom is 0.226 e. The van der Waals surface area contributed by atoms with Crippen LogP contribution >= 0.6 is 23.7 Å². The van der Waals surface area contributed by atoms with Crippen molar-refractivity contribution in [3.63, 3.8) is 0 Å². The molecule has 3 rings (SSSR count). The second-order valence-electron chi connectivity index (χ2n) is 6.65. The van der Waals surface area contributed by atoms with Crippen LogP contribution in [0.5, 0.6) is 0 Å². The Morgan fingerprint density at radius 3 is 2.88 bits per heavy atom. The van der Waals surface area contributed by atoms with E-state index in [-0.39, 0.29) is 24.4 Å². The van der Waals surface area contributed by atoms with Crippen molar-refractivity contribution >= 4 is 29.7 Å². The Labute approximate surface area is 164 Å². The molecule has 1 aliphatic rings. The molecule has 1 fully saturated rings. The fraction of sp³-hybridized carbons (Fsp3) is 0.611. The van der Waals surface area contributed by atoms with Gasteiger partial charge in [0.2, 0.25) is 17.6 Å². The third kappa shape index (κ3) is 5.79. The smallest absolute Gasteiger partial charge is 0.226 e. The zero-order chi connectivity index (χ0) is 17.5. The summed E-state index contributed by atoms with van der Waals surface area (Å²) in [7, 11) is 0. The third-order valence-electron chi connectivity index (χ3n) is 4.82. The lowest BCUT2D eigenvalue weighted by Crippen LogP contribution is -2.45. The summed E-state index contributed by atoms with van der Waals surface area (Å²) in [6.07, 6.45) is 7.93. The van der Waals surface area contributed by atoms with Gasteiger partial charge >= 0.3 is 0 Å². The van der Waals surface area contributed by atoms with E-state index in [9.17, 15) is 4.79 Å². The molecule has 0 radical (unpaired) electrons. The zero-order valence-corrected chi connectivity index (χ0v) is 16.5. The van der Waals surface area contributed by atoms with Crippen LogP contribution in [0, 0.1) is 5.92 Å². The molecule has 26 heavy (non-hydrogen) atoms. The van der Waals surface area contributed by atoms with E-state index < -0.39 is 0 Å². The Morgan fingerprint density at radius 2 is 2.19 bits per heavy atom. The molecule has 0 aromatic carbocycles. The van der Waals surface area contributed by atoms with Gasteiger partial charge in [0.25, 0.3) is 0 Å². The summed E-state index contributed by atoms with van der Waals surface area (Å²) in [5.74, 6) is 1.81. The maximum absolute atomic E-state index is 12.2. The molecule has 0 aliphatic heterocycles. The van der Waals surface area contributed by atoms with Crippen molar-refractivity contribution in [3.8, 4) is 10.7 Å². The first-order valence-corrected chi connectivity index (χ1v) is 10.00. The molecule has 2 aromatic heterocycles. The average Bonchev–Trinajstić information content (AvgIpc) is 3.32. The zero-order valence-electron chi connectivity index (χ0n) is 14.9. The minimum absolute atomic E-state index is 0. The molecule has 0 bridgehead atoms. The lowest BCUT2D eigenvalue weighted by molar-refractivity contribution is -0.122. The van der Waals surface area contributed by atoms with E-state index in [1.54, 1.807) is 11.3 Å². The van der Waals surface area contributed by atoms with Gasteiger partial charge in [-0.2, -0.15) is 4.98 Å². The van der Waals surface area contributed by atoms with Crippen molar-refractivity contribution in [2.24, 2.45) is 11.7 Å². The number of amides is 1. The largest absolute Gasteiger partial charge is 0.352 e. The van der Waals surface area contributed by atoms with Gasteiger partial charge in [-0.25, -0.2) is 0 Å². The molecule has 8 heteroatoms. The van der Waals surface area contributed by atoms with Crippen LogP contribution < -0.4 is 11.1 Å². The topological polar surface area (TPSA) is 94.0 Å². The van der Waals surface area contributed by atoms with Gasteiger partial charge in [0, 0.05) is 25.4 Å². The van der Waals surface area contributed by atoms with Crippen LogP contribution in [0.15, 0.2) is 22.0 Å². The molecule has 3 N–H and O–H groups in total. The minimum Gasteiger partial charge on any atom is -0.352 e. The summed E-state index contributed by atoms with van der Waals surface area (Å²) < 4.78 is 5.26. The van der Waals surface area contributed by atoms with E-state index in [0.29, 0.717) is 43.4 Å². The summed E-state index contributed by atoms with van der Waals surface area (Å²) in [5, 5.41) is 9.09. The molecule has 0 spiro atoms. The Hall–Kier alpha value is -1.44. The quantitative estimate of drug-likeness (QED) is 0.708. The standard InChI is InChI=1S/C18H26N4O2S.ClH/c19-12-14(13-6-2-1-3-7-13)20-16(23)9-4-10-17-21-18(22-24-17)15-8-5-11-25-15;/h5,8,11,13-14H,1-4,6-7,9-10,12,19H2,(H,20,23);1H. The highest BCUT2D eigenvalue weighted by atomic mass is 35.5. The molecule has 6 nitrogen and oxygen atoms in total.